The smallest absolute Gasteiger partial charge is 0.338 e. The second-order valence-electron chi connectivity index (χ2n) is 8.18. The zero-order valence-corrected chi connectivity index (χ0v) is 18.5. The molecule has 0 bridgehead atoms. The number of hydrogen-bond acceptors (Lipinski definition) is 5. The van der Waals surface area contributed by atoms with Crippen molar-refractivity contribution in [2.45, 2.75) is 46.1 Å². The molecule has 0 fully saturated rings. The number of carbonyl (C=O) groups excluding carboxylic acids is 2. The topological polar surface area (TPSA) is 68.3 Å². The molecule has 156 valence electrons. The molecule has 0 spiro atoms. The van der Waals surface area contributed by atoms with Crippen LogP contribution >= 0.6 is 11.3 Å². The van der Waals surface area contributed by atoms with E-state index < -0.39 is 0 Å². The first-order valence-electron chi connectivity index (χ1n) is 9.79. The summed E-state index contributed by atoms with van der Waals surface area (Å²) < 4.78 is 5.37. The van der Waals surface area contributed by atoms with E-state index in [0.29, 0.717) is 16.3 Å². The van der Waals surface area contributed by atoms with E-state index in [0.717, 1.165) is 16.8 Å². The van der Waals surface area contributed by atoms with Gasteiger partial charge in [0.25, 0.3) is 0 Å². The maximum Gasteiger partial charge on any atom is 0.338 e. The Morgan fingerprint density at radius 1 is 1.07 bits per heavy atom. The Bertz CT molecular complexity index is 1030. The van der Waals surface area contributed by atoms with Gasteiger partial charge < -0.3 is 10.1 Å². The molecule has 2 aromatic carbocycles. The summed E-state index contributed by atoms with van der Waals surface area (Å²) in [6, 6.07) is 15.1. The van der Waals surface area contributed by atoms with Crippen LogP contribution in [0, 0.1) is 6.92 Å². The van der Waals surface area contributed by atoms with Gasteiger partial charge in [-0.3, -0.25) is 4.79 Å². The SMILES string of the molecule is Cc1ccccc1NC(=O)Cc1nc(COC(=O)c2ccc(C(C)(C)C)cc2)cs1. The van der Waals surface area contributed by atoms with Crippen LogP contribution in [0.2, 0.25) is 0 Å². The van der Waals surface area contributed by atoms with Gasteiger partial charge in [0.1, 0.15) is 11.6 Å². The number of benzene rings is 2. The fourth-order valence-corrected chi connectivity index (χ4v) is 3.65. The van der Waals surface area contributed by atoms with Crippen LogP contribution in [0.15, 0.2) is 53.9 Å². The molecule has 0 aliphatic carbocycles. The van der Waals surface area contributed by atoms with Gasteiger partial charge in [0.2, 0.25) is 5.91 Å². The molecule has 3 rings (SSSR count). The zero-order chi connectivity index (χ0) is 21.7. The highest BCUT2D eigenvalue weighted by molar-refractivity contribution is 7.09. The molecule has 0 saturated heterocycles. The lowest BCUT2D eigenvalue weighted by molar-refractivity contribution is -0.115. The number of ether oxygens (including phenoxy) is 1. The standard InChI is InChI=1S/C24H26N2O3S/c1-16-7-5-6-8-20(16)26-21(27)13-22-25-19(15-30-22)14-29-23(28)17-9-11-18(12-10-17)24(2,3)4/h5-12,15H,13-14H2,1-4H3,(H,26,27). The number of thiazole rings is 1. The van der Waals surface area contributed by atoms with Gasteiger partial charge in [-0.15, -0.1) is 11.3 Å². The lowest BCUT2D eigenvalue weighted by Crippen LogP contribution is -2.15. The van der Waals surface area contributed by atoms with Crippen molar-refractivity contribution in [3.05, 3.63) is 81.3 Å². The molecule has 5 nitrogen and oxygen atoms in total. The molecule has 3 aromatic rings. The van der Waals surface area contributed by atoms with Gasteiger partial charge in [-0.2, -0.15) is 0 Å². The summed E-state index contributed by atoms with van der Waals surface area (Å²) in [4.78, 5) is 29.0. The van der Waals surface area contributed by atoms with Crippen LogP contribution in [0.4, 0.5) is 5.69 Å². The first-order valence-corrected chi connectivity index (χ1v) is 10.7. The second-order valence-corrected chi connectivity index (χ2v) is 9.12. The van der Waals surface area contributed by atoms with Gasteiger partial charge in [-0.1, -0.05) is 51.1 Å². The highest BCUT2D eigenvalue weighted by Gasteiger charge is 2.15. The summed E-state index contributed by atoms with van der Waals surface area (Å²) in [5.41, 5.74) is 4.14. The summed E-state index contributed by atoms with van der Waals surface area (Å²) in [5, 5.41) is 5.39. The van der Waals surface area contributed by atoms with Crippen LogP contribution < -0.4 is 5.32 Å². The minimum Gasteiger partial charge on any atom is -0.456 e. The first kappa shape index (κ1) is 21.7. The molecule has 0 aliphatic rings. The molecule has 6 heteroatoms. The molecule has 1 heterocycles. The third-order valence-corrected chi connectivity index (χ3v) is 5.57. The van der Waals surface area contributed by atoms with Crippen molar-refractivity contribution in [1.82, 2.24) is 4.98 Å². The Kier molecular flexibility index (Phi) is 6.67. The summed E-state index contributed by atoms with van der Waals surface area (Å²) >= 11 is 1.38. The average molecular weight is 423 g/mol. The maximum atomic E-state index is 12.3. The van der Waals surface area contributed by atoms with E-state index in [2.05, 4.69) is 31.1 Å². The van der Waals surface area contributed by atoms with Crippen LogP contribution in [-0.4, -0.2) is 16.9 Å². The number of nitrogens with one attached hydrogen (secondary N) is 1. The molecular formula is C24H26N2O3S. The summed E-state index contributed by atoms with van der Waals surface area (Å²) in [6.45, 7) is 8.40. The monoisotopic (exact) mass is 422 g/mol. The van der Waals surface area contributed by atoms with Crippen molar-refractivity contribution in [3.8, 4) is 0 Å². The van der Waals surface area contributed by atoms with Crippen molar-refractivity contribution in [2.24, 2.45) is 0 Å². The van der Waals surface area contributed by atoms with Crippen molar-refractivity contribution in [1.29, 1.82) is 0 Å². The van der Waals surface area contributed by atoms with Gasteiger partial charge in [-0.25, -0.2) is 9.78 Å². The zero-order valence-electron chi connectivity index (χ0n) is 17.7. The van der Waals surface area contributed by atoms with Gasteiger partial charge >= 0.3 is 5.97 Å². The van der Waals surface area contributed by atoms with Gasteiger partial charge in [0.15, 0.2) is 0 Å². The number of esters is 1. The number of anilines is 1. The Morgan fingerprint density at radius 3 is 2.43 bits per heavy atom. The molecular weight excluding hydrogens is 396 g/mol. The third kappa shape index (κ3) is 5.76. The number of rotatable bonds is 6. The van der Waals surface area contributed by atoms with Crippen molar-refractivity contribution in [3.63, 3.8) is 0 Å². The number of hydrogen-bond donors (Lipinski definition) is 1. The Morgan fingerprint density at radius 2 is 1.77 bits per heavy atom. The second kappa shape index (κ2) is 9.22. The third-order valence-electron chi connectivity index (χ3n) is 4.67. The van der Waals surface area contributed by atoms with E-state index in [9.17, 15) is 9.59 Å². The summed E-state index contributed by atoms with van der Waals surface area (Å²) in [6.07, 6.45) is 0.182. The molecule has 1 N–H and O–H groups in total. The van der Waals surface area contributed by atoms with E-state index in [1.807, 2.05) is 48.7 Å². The van der Waals surface area contributed by atoms with Crippen molar-refractivity contribution >= 4 is 28.9 Å². The summed E-state index contributed by atoms with van der Waals surface area (Å²) in [5.74, 6) is -0.511. The van der Waals surface area contributed by atoms with Crippen LogP contribution in [0.3, 0.4) is 0 Å². The number of nitrogens with zero attached hydrogens (tertiary/aromatic N) is 1. The predicted molar refractivity (Wildman–Crippen MR) is 120 cm³/mol. The van der Waals surface area contributed by atoms with E-state index in [1.54, 1.807) is 12.1 Å². The number of carbonyl (C=O) groups is 2. The van der Waals surface area contributed by atoms with Crippen molar-refractivity contribution < 1.29 is 14.3 Å². The van der Waals surface area contributed by atoms with Crippen LogP contribution in [0.5, 0.6) is 0 Å². The van der Waals surface area contributed by atoms with E-state index >= 15 is 0 Å². The molecule has 30 heavy (non-hydrogen) atoms. The number of aromatic nitrogens is 1. The molecule has 1 aromatic heterocycles. The molecule has 0 unspecified atom stereocenters. The lowest BCUT2D eigenvalue weighted by atomic mass is 9.87. The highest BCUT2D eigenvalue weighted by Crippen LogP contribution is 2.22. The average Bonchev–Trinajstić information content (AvgIpc) is 3.14. The fraction of sp³-hybridized carbons (Fsp3) is 0.292. The van der Waals surface area contributed by atoms with Crippen molar-refractivity contribution in [2.75, 3.05) is 5.32 Å². The van der Waals surface area contributed by atoms with E-state index in [1.165, 1.54) is 11.3 Å². The minimum atomic E-state index is -0.387. The largest absolute Gasteiger partial charge is 0.456 e. The Hall–Kier alpha value is -2.99. The molecule has 0 aliphatic heterocycles. The molecule has 0 saturated carbocycles. The number of para-hydroxylation sites is 1. The normalized spacial score (nSPS) is 11.2. The Balaban J connectivity index is 1.52. The van der Waals surface area contributed by atoms with E-state index in [4.69, 9.17) is 4.74 Å². The maximum absolute atomic E-state index is 12.3. The summed E-state index contributed by atoms with van der Waals surface area (Å²) in [7, 11) is 0. The van der Waals surface area contributed by atoms with Crippen LogP contribution in [-0.2, 0) is 28.0 Å². The predicted octanol–water partition coefficient (Wildman–Crippen LogP) is 5.29. The molecule has 0 radical (unpaired) electrons. The first-order chi connectivity index (χ1) is 14.2. The number of amides is 1. The van der Waals surface area contributed by atoms with Gasteiger partial charge in [0, 0.05) is 11.1 Å². The number of aryl methyl sites for hydroxylation is 1. The van der Waals surface area contributed by atoms with Crippen LogP contribution in [0.1, 0.15) is 53.0 Å². The lowest BCUT2D eigenvalue weighted by Gasteiger charge is -2.18. The minimum absolute atomic E-state index is 0.0327. The Labute approximate surface area is 181 Å². The van der Waals surface area contributed by atoms with Gasteiger partial charge in [-0.05, 0) is 41.7 Å². The fourth-order valence-electron chi connectivity index (χ4n) is 2.87. The molecule has 0 atom stereocenters. The van der Waals surface area contributed by atoms with Gasteiger partial charge in [0.05, 0.1) is 17.7 Å². The highest BCUT2D eigenvalue weighted by atomic mass is 32.1. The van der Waals surface area contributed by atoms with E-state index in [-0.39, 0.29) is 30.3 Å². The quantitative estimate of drug-likeness (QED) is 0.548. The van der Waals surface area contributed by atoms with Crippen LogP contribution in [0.25, 0.3) is 0 Å². The molecule has 1 amide bonds.